The Hall–Kier alpha value is -1.96. The Balaban J connectivity index is 1.93. The first-order valence-corrected chi connectivity index (χ1v) is 7.16. The Morgan fingerprint density at radius 2 is 2.40 bits per heavy atom. The van der Waals surface area contributed by atoms with E-state index in [0.717, 1.165) is 11.3 Å². The maximum Gasteiger partial charge on any atom is 0.311 e. The van der Waals surface area contributed by atoms with Gasteiger partial charge in [-0.05, 0) is 34.7 Å². The molecular weight excluding hydrogens is 280 g/mol. The van der Waals surface area contributed by atoms with Crippen molar-refractivity contribution in [2.45, 2.75) is 25.8 Å². The predicted molar refractivity (Wildman–Crippen MR) is 71.6 cm³/mol. The number of hydrogen-bond acceptors (Lipinski definition) is 6. The van der Waals surface area contributed by atoms with Crippen LogP contribution in [0.4, 0.5) is 0 Å². The van der Waals surface area contributed by atoms with Crippen LogP contribution in [0.15, 0.2) is 11.4 Å². The summed E-state index contributed by atoms with van der Waals surface area (Å²) in [5.41, 5.74) is -0.728. The van der Waals surface area contributed by atoms with Crippen LogP contribution in [0, 0.1) is 5.41 Å². The van der Waals surface area contributed by atoms with E-state index in [1.807, 2.05) is 11.4 Å². The Labute approximate surface area is 119 Å². The minimum atomic E-state index is -0.775. The van der Waals surface area contributed by atoms with Crippen molar-refractivity contribution in [1.82, 2.24) is 20.2 Å². The lowest BCUT2D eigenvalue weighted by atomic mass is 9.69. The quantitative estimate of drug-likeness (QED) is 0.902. The van der Waals surface area contributed by atoms with E-state index in [1.54, 1.807) is 11.8 Å². The highest BCUT2D eigenvalue weighted by atomic mass is 32.1. The van der Waals surface area contributed by atoms with Gasteiger partial charge in [-0.3, -0.25) is 4.79 Å². The van der Waals surface area contributed by atoms with Crippen LogP contribution in [0.5, 0.6) is 5.75 Å². The number of tetrazole rings is 1. The zero-order valence-corrected chi connectivity index (χ0v) is 11.8. The van der Waals surface area contributed by atoms with E-state index in [0.29, 0.717) is 31.0 Å². The van der Waals surface area contributed by atoms with Gasteiger partial charge in [-0.2, -0.15) is 0 Å². The molecule has 0 amide bonds. The summed E-state index contributed by atoms with van der Waals surface area (Å²) >= 11 is 1.47. The second-order valence-electron chi connectivity index (χ2n) is 4.92. The molecule has 2 heterocycles. The minimum absolute atomic E-state index is 0.297. The standard InChI is InChI=1S/C12H14N4O3S/c1-19-8-3-6-20-9(8)10-13-14-15-16(10)7-12(11(17)18)4-2-5-12/h3,6H,2,4-5,7H2,1H3,(H,17,18). The molecule has 0 spiro atoms. The predicted octanol–water partition coefficient (Wildman–Crippen LogP) is 1.67. The van der Waals surface area contributed by atoms with E-state index < -0.39 is 11.4 Å². The number of aliphatic carboxylic acids is 1. The monoisotopic (exact) mass is 294 g/mol. The summed E-state index contributed by atoms with van der Waals surface area (Å²) in [6.45, 7) is 0.297. The fourth-order valence-corrected chi connectivity index (χ4v) is 3.27. The summed E-state index contributed by atoms with van der Waals surface area (Å²) in [6.07, 6.45) is 2.28. The molecule has 1 fully saturated rings. The number of carbonyl (C=O) groups is 1. The maximum absolute atomic E-state index is 11.4. The fourth-order valence-electron chi connectivity index (χ4n) is 2.42. The zero-order chi connectivity index (χ0) is 14.2. The molecule has 106 valence electrons. The number of methoxy groups -OCH3 is 1. The topological polar surface area (TPSA) is 90.1 Å². The number of aromatic nitrogens is 4. The van der Waals surface area contributed by atoms with Gasteiger partial charge in [0.15, 0.2) is 5.82 Å². The van der Waals surface area contributed by atoms with Gasteiger partial charge in [0, 0.05) is 0 Å². The highest BCUT2D eigenvalue weighted by molar-refractivity contribution is 7.13. The summed E-state index contributed by atoms with van der Waals surface area (Å²) in [4.78, 5) is 12.3. The third-order valence-electron chi connectivity index (χ3n) is 3.80. The smallest absolute Gasteiger partial charge is 0.311 e. The Kier molecular flexibility index (Phi) is 3.17. The second kappa shape index (κ2) is 4.86. The average Bonchev–Trinajstić information content (AvgIpc) is 3.00. The zero-order valence-electron chi connectivity index (χ0n) is 10.9. The van der Waals surface area contributed by atoms with Gasteiger partial charge in [-0.1, -0.05) is 6.42 Å². The number of thiophene rings is 1. The lowest BCUT2D eigenvalue weighted by Crippen LogP contribution is -2.42. The number of hydrogen-bond donors (Lipinski definition) is 1. The van der Waals surface area contributed by atoms with Gasteiger partial charge in [-0.25, -0.2) is 4.68 Å². The number of carboxylic acid groups (broad SMARTS) is 1. The van der Waals surface area contributed by atoms with Gasteiger partial charge in [0.2, 0.25) is 0 Å². The molecule has 3 rings (SSSR count). The molecule has 1 aliphatic rings. The first kappa shape index (κ1) is 13.0. The van der Waals surface area contributed by atoms with Crippen molar-refractivity contribution >= 4 is 17.3 Å². The third-order valence-corrected chi connectivity index (χ3v) is 4.69. The molecule has 1 N–H and O–H groups in total. The Bertz CT molecular complexity index is 632. The van der Waals surface area contributed by atoms with Crippen molar-refractivity contribution in [2.75, 3.05) is 7.11 Å². The fraction of sp³-hybridized carbons (Fsp3) is 0.500. The van der Waals surface area contributed by atoms with Crippen molar-refractivity contribution in [1.29, 1.82) is 0 Å². The lowest BCUT2D eigenvalue weighted by molar-refractivity contribution is -0.156. The van der Waals surface area contributed by atoms with Crippen LogP contribution in [0.25, 0.3) is 10.7 Å². The number of ether oxygens (including phenoxy) is 1. The van der Waals surface area contributed by atoms with Gasteiger partial charge in [0.05, 0.1) is 19.1 Å². The summed E-state index contributed by atoms with van der Waals surface area (Å²) in [5.74, 6) is 0.483. The van der Waals surface area contributed by atoms with Gasteiger partial charge in [-0.15, -0.1) is 16.4 Å². The van der Waals surface area contributed by atoms with Crippen molar-refractivity contribution in [3.8, 4) is 16.5 Å². The van der Waals surface area contributed by atoms with Crippen molar-refractivity contribution in [3.63, 3.8) is 0 Å². The molecule has 8 heteroatoms. The van der Waals surface area contributed by atoms with Gasteiger partial charge < -0.3 is 9.84 Å². The molecule has 0 unspecified atom stereocenters. The highest BCUT2D eigenvalue weighted by Crippen LogP contribution is 2.43. The van der Waals surface area contributed by atoms with E-state index >= 15 is 0 Å². The van der Waals surface area contributed by atoms with Crippen LogP contribution in [0.1, 0.15) is 19.3 Å². The highest BCUT2D eigenvalue weighted by Gasteiger charge is 2.45. The summed E-state index contributed by atoms with van der Waals surface area (Å²) in [5, 5.41) is 22.9. The molecule has 1 aliphatic carbocycles. The van der Waals surface area contributed by atoms with Gasteiger partial charge in [0.1, 0.15) is 10.6 Å². The molecule has 20 heavy (non-hydrogen) atoms. The van der Waals surface area contributed by atoms with Crippen molar-refractivity contribution in [2.24, 2.45) is 5.41 Å². The molecule has 0 aromatic carbocycles. The Morgan fingerprint density at radius 1 is 1.60 bits per heavy atom. The number of nitrogens with zero attached hydrogens (tertiary/aromatic N) is 4. The largest absolute Gasteiger partial charge is 0.495 e. The van der Waals surface area contributed by atoms with Gasteiger partial charge in [0.25, 0.3) is 0 Å². The SMILES string of the molecule is COc1ccsc1-c1nnnn1CC1(C(=O)O)CCC1. The molecular formula is C12H14N4O3S. The van der Waals surface area contributed by atoms with Crippen LogP contribution in [-0.2, 0) is 11.3 Å². The van der Waals surface area contributed by atoms with Crippen LogP contribution in [0.2, 0.25) is 0 Å². The number of carboxylic acids is 1. The van der Waals surface area contributed by atoms with E-state index in [4.69, 9.17) is 4.74 Å². The molecule has 2 aromatic rings. The molecule has 0 bridgehead atoms. The lowest BCUT2D eigenvalue weighted by Gasteiger charge is -2.37. The number of rotatable bonds is 5. The normalized spacial score (nSPS) is 16.6. The molecule has 0 aliphatic heterocycles. The van der Waals surface area contributed by atoms with Crippen LogP contribution < -0.4 is 4.74 Å². The van der Waals surface area contributed by atoms with E-state index in [1.165, 1.54) is 11.3 Å². The molecule has 0 saturated heterocycles. The molecule has 0 radical (unpaired) electrons. The third kappa shape index (κ3) is 1.96. The average molecular weight is 294 g/mol. The molecule has 2 aromatic heterocycles. The van der Waals surface area contributed by atoms with Crippen molar-refractivity contribution < 1.29 is 14.6 Å². The molecule has 7 nitrogen and oxygen atoms in total. The van der Waals surface area contributed by atoms with Crippen molar-refractivity contribution in [3.05, 3.63) is 11.4 Å². The van der Waals surface area contributed by atoms with E-state index in [9.17, 15) is 9.90 Å². The van der Waals surface area contributed by atoms with Gasteiger partial charge >= 0.3 is 5.97 Å². The van der Waals surface area contributed by atoms with Crippen LogP contribution in [0.3, 0.4) is 0 Å². The summed E-state index contributed by atoms with van der Waals surface area (Å²) in [7, 11) is 1.59. The molecule has 1 saturated carbocycles. The van der Waals surface area contributed by atoms with Crippen LogP contribution in [-0.4, -0.2) is 38.4 Å². The minimum Gasteiger partial charge on any atom is -0.495 e. The summed E-state index contributed by atoms with van der Waals surface area (Å²) in [6, 6.07) is 1.84. The molecule has 0 atom stereocenters. The second-order valence-corrected chi connectivity index (χ2v) is 5.83. The first-order valence-electron chi connectivity index (χ1n) is 6.28. The van der Waals surface area contributed by atoms with Crippen LogP contribution >= 0.6 is 11.3 Å². The Morgan fingerprint density at radius 3 is 3.00 bits per heavy atom. The van der Waals surface area contributed by atoms with E-state index in [2.05, 4.69) is 15.5 Å². The maximum atomic E-state index is 11.4. The van der Waals surface area contributed by atoms with E-state index in [-0.39, 0.29) is 0 Å². The first-order chi connectivity index (χ1) is 9.66. The summed E-state index contributed by atoms with van der Waals surface area (Å²) < 4.78 is 6.84.